The number of hydrogen-bond acceptors (Lipinski definition) is 6. The SMILES string of the molecule is CC(C#N)Sc1nnc(Nc2ccccc2Cl)s1. The van der Waals surface area contributed by atoms with E-state index in [9.17, 15) is 0 Å². The van der Waals surface area contributed by atoms with Crippen LogP contribution in [-0.4, -0.2) is 15.4 Å². The van der Waals surface area contributed by atoms with Crippen LogP contribution in [0.3, 0.4) is 0 Å². The van der Waals surface area contributed by atoms with Gasteiger partial charge in [-0.1, -0.05) is 46.8 Å². The van der Waals surface area contributed by atoms with Crippen LogP contribution in [0.2, 0.25) is 5.02 Å². The molecule has 7 heteroatoms. The largest absolute Gasteiger partial charge is 0.329 e. The molecule has 0 fully saturated rings. The second-order valence-electron chi connectivity index (χ2n) is 3.37. The Bertz CT molecular complexity index is 578. The molecule has 2 aromatic rings. The number of para-hydroxylation sites is 1. The molecule has 0 aliphatic carbocycles. The van der Waals surface area contributed by atoms with Crippen molar-refractivity contribution < 1.29 is 0 Å². The Kier molecular flexibility index (Phi) is 4.42. The molecule has 1 unspecified atom stereocenters. The molecule has 2 rings (SSSR count). The normalized spacial score (nSPS) is 11.8. The van der Waals surface area contributed by atoms with Crippen LogP contribution in [-0.2, 0) is 0 Å². The van der Waals surface area contributed by atoms with Gasteiger partial charge in [0.25, 0.3) is 0 Å². The molecular weight excluding hydrogens is 288 g/mol. The van der Waals surface area contributed by atoms with E-state index in [1.165, 1.54) is 23.1 Å². The third kappa shape index (κ3) is 3.35. The van der Waals surface area contributed by atoms with E-state index < -0.39 is 0 Å². The van der Waals surface area contributed by atoms with Gasteiger partial charge in [0.1, 0.15) is 0 Å². The molecule has 1 N–H and O–H groups in total. The summed E-state index contributed by atoms with van der Waals surface area (Å²) in [5, 5.41) is 21.0. The lowest BCUT2D eigenvalue weighted by Crippen LogP contribution is -1.89. The topological polar surface area (TPSA) is 61.6 Å². The van der Waals surface area contributed by atoms with Gasteiger partial charge in [0.2, 0.25) is 5.13 Å². The molecule has 0 aliphatic heterocycles. The first-order valence-electron chi connectivity index (χ1n) is 5.10. The van der Waals surface area contributed by atoms with E-state index in [4.69, 9.17) is 16.9 Å². The van der Waals surface area contributed by atoms with Gasteiger partial charge in [0.05, 0.1) is 22.0 Å². The Labute approximate surface area is 118 Å². The molecule has 0 amide bonds. The summed E-state index contributed by atoms with van der Waals surface area (Å²) in [4.78, 5) is 0. The van der Waals surface area contributed by atoms with Gasteiger partial charge in [0, 0.05) is 0 Å². The molecule has 0 radical (unpaired) electrons. The molecule has 92 valence electrons. The zero-order chi connectivity index (χ0) is 13.0. The van der Waals surface area contributed by atoms with Crippen molar-refractivity contribution >= 4 is 45.5 Å². The Morgan fingerprint density at radius 3 is 2.94 bits per heavy atom. The number of hydrogen-bond donors (Lipinski definition) is 1. The smallest absolute Gasteiger partial charge is 0.210 e. The zero-order valence-electron chi connectivity index (χ0n) is 9.42. The third-order valence-electron chi connectivity index (χ3n) is 1.98. The summed E-state index contributed by atoms with van der Waals surface area (Å²) in [6.07, 6.45) is 0. The van der Waals surface area contributed by atoms with Crippen molar-refractivity contribution in [2.75, 3.05) is 5.32 Å². The highest BCUT2D eigenvalue weighted by Crippen LogP contribution is 2.31. The summed E-state index contributed by atoms with van der Waals surface area (Å²) in [6.45, 7) is 1.83. The van der Waals surface area contributed by atoms with Crippen molar-refractivity contribution in [3.05, 3.63) is 29.3 Å². The van der Waals surface area contributed by atoms with Gasteiger partial charge in [-0.15, -0.1) is 10.2 Å². The van der Waals surface area contributed by atoms with Gasteiger partial charge >= 0.3 is 0 Å². The number of nitrogens with one attached hydrogen (secondary N) is 1. The minimum Gasteiger partial charge on any atom is -0.329 e. The monoisotopic (exact) mass is 296 g/mol. The number of halogens is 1. The molecule has 1 aromatic heterocycles. The lowest BCUT2D eigenvalue weighted by molar-refractivity contribution is 1.01. The highest BCUT2D eigenvalue weighted by molar-refractivity contribution is 8.01. The van der Waals surface area contributed by atoms with Crippen LogP contribution in [0.25, 0.3) is 0 Å². The molecular formula is C11H9ClN4S2. The Morgan fingerprint density at radius 1 is 1.44 bits per heavy atom. The minimum absolute atomic E-state index is 0.133. The highest BCUT2D eigenvalue weighted by atomic mass is 35.5. The fraction of sp³-hybridized carbons (Fsp3) is 0.182. The van der Waals surface area contributed by atoms with Gasteiger partial charge in [-0.2, -0.15) is 5.26 Å². The van der Waals surface area contributed by atoms with E-state index in [1.54, 1.807) is 6.07 Å². The van der Waals surface area contributed by atoms with Crippen molar-refractivity contribution in [3.8, 4) is 6.07 Å². The fourth-order valence-electron chi connectivity index (χ4n) is 1.16. The summed E-state index contributed by atoms with van der Waals surface area (Å²) in [5.41, 5.74) is 0.792. The Balaban J connectivity index is 2.08. The van der Waals surface area contributed by atoms with E-state index in [0.29, 0.717) is 10.2 Å². The van der Waals surface area contributed by atoms with Gasteiger partial charge in [-0.05, 0) is 19.1 Å². The summed E-state index contributed by atoms with van der Waals surface area (Å²) in [5.74, 6) is 0. The molecule has 0 saturated heterocycles. The standard InChI is InChI=1S/C11H9ClN4S2/c1-7(6-13)17-11-16-15-10(18-11)14-9-5-3-2-4-8(9)12/h2-5,7H,1H3,(H,14,15). The van der Waals surface area contributed by atoms with Crippen LogP contribution in [0, 0.1) is 11.3 Å². The maximum Gasteiger partial charge on any atom is 0.210 e. The molecule has 0 spiro atoms. The summed E-state index contributed by atoms with van der Waals surface area (Å²) in [7, 11) is 0. The van der Waals surface area contributed by atoms with Crippen LogP contribution >= 0.6 is 34.7 Å². The number of benzene rings is 1. The molecule has 1 aromatic carbocycles. The van der Waals surface area contributed by atoms with E-state index in [-0.39, 0.29) is 5.25 Å². The van der Waals surface area contributed by atoms with E-state index in [2.05, 4.69) is 21.6 Å². The van der Waals surface area contributed by atoms with Gasteiger partial charge in [0.15, 0.2) is 4.34 Å². The number of anilines is 2. The lowest BCUT2D eigenvalue weighted by atomic mass is 10.3. The molecule has 0 bridgehead atoms. The van der Waals surface area contributed by atoms with Crippen LogP contribution < -0.4 is 5.32 Å². The second-order valence-corrected chi connectivity index (χ2v) is 6.34. The number of rotatable bonds is 4. The van der Waals surface area contributed by atoms with Crippen molar-refractivity contribution in [2.24, 2.45) is 0 Å². The average molecular weight is 297 g/mol. The van der Waals surface area contributed by atoms with Gasteiger partial charge in [-0.25, -0.2) is 0 Å². The lowest BCUT2D eigenvalue weighted by Gasteiger charge is -2.02. The number of nitriles is 1. The van der Waals surface area contributed by atoms with Crippen LogP contribution in [0.1, 0.15) is 6.92 Å². The number of thioether (sulfide) groups is 1. The van der Waals surface area contributed by atoms with Crippen LogP contribution in [0.4, 0.5) is 10.8 Å². The minimum atomic E-state index is -0.133. The highest BCUT2D eigenvalue weighted by Gasteiger charge is 2.09. The third-order valence-corrected chi connectivity index (χ3v) is 4.23. The van der Waals surface area contributed by atoms with E-state index in [0.717, 1.165) is 10.0 Å². The van der Waals surface area contributed by atoms with Crippen molar-refractivity contribution in [3.63, 3.8) is 0 Å². The zero-order valence-corrected chi connectivity index (χ0v) is 11.8. The first kappa shape index (κ1) is 13.1. The maximum absolute atomic E-state index is 8.73. The first-order chi connectivity index (χ1) is 8.69. The quantitative estimate of drug-likeness (QED) is 0.866. The predicted molar refractivity (Wildman–Crippen MR) is 75.6 cm³/mol. The molecule has 1 heterocycles. The molecule has 4 nitrogen and oxygen atoms in total. The Morgan fingerprint density at radius 2 is 2.22 bits per heavy atom. The van der Waals surface area contributed by atoms with Crippen LogP contribution in [0.15, 0.2) is 28.6 Å². The van der Waals surface area contributed by atoms with Crippen molar-refractivity contribution in [2.45, 2.75) is 16.5 Å². The summed E-state index contributed by atoms with van der Waals surface area (Å²) >= 11 is 8.82. The van der Waals surface area contributed by atoms with Gasteiger partial charge < -0.3 is 5.32 Å². The van der Waals surface area contributed by atoms with Gasteiger partial charge in [-0.3, -0.25) is 0 Å². The predicted octanol–water partition coefficient (Wildman–Crippen LogP) is 3.94. The van der Waals surface area contributed by atoms with E-state index in [1.807, 2.05) is 25.1 Å². The fourth-order valence-corrected chi connectivity index (χ4v) is 3.14. The maximum atomic E-state index is 8.73. The second kappa shape index (κ2) is 6.05. The van der Waals surface area contributed by atoms with Crippen LogP contribution in [0.5, 0.6) is 0 Å². The molecule has 0 aliphatic rings. The summed E-state index contributed by atoms with van der Waals surface area (Å²) < 4.78 is 0.763. The van der Waals surface area contributed by atoms with Crippen molar-refractivity contribution in [1.82, 2.24) is 10.2 Å². The number of nitrogens with zero attached hydrogens (tertiary/aromatic N) is 3. The number of aromatic nitrogens is 2. The van der Waals surface area contributed by atoms with E-state index >= 15 is 0 Å². The molecule has 0 saturated carbocycles. The Hall–Kier alpha value is -1.29. The average Bonchev–Trinajstić information content (AvgIpc) is 2.79. The molecule has 18 heavy (non-hydrogen) atoms. The summed E-state index contributed by atoms with van der Waals surface area (Å²) in [6, 6.07) is 9.57. The molecule has 1 atom stereocenters. The first-order valence-corrected chi connectivity index (χ1v) is 7.18. The van der Waals surface area contributed by atoms with Crippen molar-refractivity contribution in [1.29, 1.82) is 5.26 Å².